The van der Waals surface area contributed by atoms with Crippen LogP contribution >= 0.6 is 11.6 Å². The average molecular weight is 332 g/mol. The van der Waals surface area contributed by atoms with Gasteiger partial charge in [0.05, 0.1) is 12.1 Å². The van der Waals surface area contributed by atoms with Crippen LogP contribution < -0.4 is 10.1 Å². The Labute approximate surface area is 140 Å². The van der Waals surface area contributed by atoms with Gasteiger partial charge in [-0.25, -0.2) is 4.79 Å². The van der Waals surface area contributed by atoms with Gasteiger partial charge in [0.1, 0.15) is 12.4 Å². The van der Waals surface area contributed by atoms with E-state index in [2.05, 4.69) is 5.32 Å². The van der Waals surface area contributed by atoms with Crippen molar-refractivity contribution < 1.29 is 14.3 Å². The Kier molecular flexibility index (Phi) is 6.51. The van der Waals surface area contributed by atoms with E-state index in [9.17, 15) is 4.79 Å². The largest absolute Gasteiger partial charge is 0.495 e. The third-order valence-electron chi connectivity index (χ3n) is 3.09. The fourth-order valence-corrected chi connectivity index (χ4v) is 2.18. The minimum Gasteiger partial charge on any atom is -0.495 e. The van der Waals surface area contributed by atoms with E-state index in [-0.39, 0.29) is 6.61 Å². The number of rotatable bonds is 6. The summed E-state index contributed by atoms with van der Waals surface area (Å²) in [5, 5.41) is 3.19. The number of amides is 1. The van der Waals surface area contributed by atoms with Crippen molar-refractivity contribution in [1.29, 1.82) is 0 Å². The van der Waals surface area contributed by atoms with E-state index in [1.807, 2.05) is 48.5 Å². The predicted octanol–water partition coefficient (Wildman–Crippen LogP) is 4.29. The second-order valence-corrected chi connectivity index (χ2v) is 5.09. The Morgan fingerprint density at radius 3 is 2.70 bits per heavy atom. The zero-order valence-corrected chi connectivity index (χ0v) is 13.5. The van der Waals surface area contributed by atoms with Gasteiger partial charge in [0.25, 0.3) is 0 Å². The number of nitrogens with one attached hydrogen (secondary N) is 1. The Morgan fingerprint density at radius 2 is 1.96 bits per heavy atom. The quantitative estimate of drug-likeness (QED) is 0.859. The molecule has 0 aromatic heterocycles. The summed E-state index contributed by atoms with van der Waals surface area (Å²) < 4.78 is 10.3. The highest BCUT2D eigenvalue weighted by Gasteiger charge is 2.03. The Hall–Kier alpha value is -2.46. The highest BCUT2D eigenvalue weighted by molar-refractivity contribution is 6.33. The van der Waals surface area contributed by atoms with E-state index in [1.165, 1.54) is 0 Å². The van der Waals surface area contributed by atoms with E-state index < -0.39 is 6.09 Å². The molecule has 0 saturated carbocycles. The van der Waals surface area contributed by atoms with Gasteiger partial charge in [-0.15, -0.1) is 0 Å². The molecule has 4 nitrogen and oxygen atoms in total. The summed E-state index contributed by atoms with van der Waals surface area (Å²) in [5.74, 6) is 0.615. The number of methoxy groups -OCH3 is 1. The summed E-state index contributed by atoms with van der Waals surface area (Å²) in [6, 6.07) is 15.0. The molecule has 0 radical (unpaired) electrons. The second kappa shape index (κ2) is 8.86. The van der Waals surface area contributed by atoms with Gasteiger partial charge in [0, 0.05) is 6.54 Å². The number of hydrogen-bond acceptors (Lipinski definition) is 3. The number of alkyl carbamates (subject to hydrolysis) is 1. The van der Waals surface area contributed by atoms with Crippen molar-refractivity contribution in [2.45, 2.75) is 6.61 Å². The molecule has 0 heterocycles. The number of carbonyl (C=O) groups is 1. The lowest BCUT2D eigenvalue weighted by Gasteiger charge is -2.06. The molecular weight excluding hydrogens is 314 g/mol. The minimum absolute atomic E-state index is 0.248. The molecule has 2 aromatic carbocycles. The SMILES string of the molecule is COc1cccc(C=CCNC(=O)OCc2ccccc2)c1Cl. The molecular formula is C18H18ClNO3. The Morgan fingerprint density at radius 1 is 1.17 bits per heavy atom. The average Bonchev–Trinajstić information content (AvgIpc) is 2.59. The number of ether oxygens (including phenoxy) is 2. The molecule has 5 heteroatoms. The van der Waals surface area contributed by atoms with Crippen LogP contribution in [0.1, 0.15) is 11.1 Å². The lowest BCUT2D eigenvalue weighted by atomic mass is 10.2. The van der Waals surface area contributed by atoms with Gasteiger partial charge in [-0.05, 0) is 17.2 Å². The van der Waals surface area contributed by atoms with Gasteiger partial charge >= 0.3 is 6.09 Å². The third-order valence-corrected chi connectivity index (χ3v) is 3.49. The van der Waals surface area contributed by atoms with Gasteiger partial charge in [0.2, 0.25) is 0 Å². The number of carbonyl (C=O) groups excluding carboxylic acids is 1. The van der Waals surface area contributed by atoms with Crippen molar-refractivity contribution in [2.24, 2.45) is 0 Å². The third kappa shape index (κ3) is 5.34. The minimum atomic E-state index is -0.463. The van der Waals surface area contributed by atoms with Crippen LogP contribution in [0.25, 0.3) is 6.08 Å². The standard InChI is InChI=1S/C18H18ClNO3/c1-22-16-11-5-9-15(17(16)19)10-6-12-20-18(21)23-13-14-7-3-2-4-8-14/h2-11H,12-13H2,1H3,(H,20,21). The van der Waals surface area contributed by atoms with Crippen LogP contribution in [0.3, 0.4) is 0 Å². The second-order valence-electron chi connectivity index (χ2n) is 4.71. The molecule has 0 fully saturated rings. The highest BCUT2D eigenvalue weighted by atomic mass is 35.5. The van der Waals surface area contributed by atoms with Gasteiger partial charge in [-0.3, -0.25) is 0 Å². The molecule has 2 rings (SSSR count). The van der Waals surface area contributed by atoms with Gasteiger partial charge in [-0.1, -0.05) is 66.2 Å². The molecule has 0 spiro atoms. The molecule has 0 unspecified atom stereocenters. The van der Waals surface area contributed by atoms with Gasteiger partial charge < -0.3 is 14.8 Å². The molecule has 0 aliphatic rings. The summed E-state index contributed by atoms with van der Waals surface area (Å²) in [7, 11) is 1.57. The first-order valence-corrected chi connectivity index (χ1v) is 7.52. The summed E-state index contributed by atoms with van der Waals surface area (Å²) >= 11 is 6.18. The summed E-state index contributed by atoms with van der Waals surface area (Å²) in [4.78, 5) is 11.6. The van der Waals surface area contributed by atoms with Crippen molar-refractivity contribution in [3.05, 3.63) is 70.8 Å². The molecule has 120 valence electrons. The zero-order chi connectivity index (χ0) is 16.5. The van der Waals surface area contributed by atoms with Gasteiger partial charge in [-0.2, -0.15) is 0 Å². The Bertz CT molecular complexity index is 671. The van der Waals surface area contributed by atoms with E-state index in [0.29, 0.717) is 17.3 Å². The van der Waals surface area contributed by atoms with Crippen molar-refractivity contribution in [2.75, 3.05) is 13.7 Å². The molecule has 0 bridgehead atoms. The fraction of sp³-hybridized carbons (Fsp3) is 0.167. The lowest BCUT2D eigenvalue weighted by Crippen LogP contribution is -2.24. The van der Waals surface area contributed by atoms with Crippen LogP contribution in [-0.2, 0) is 11.3 Å². The molecule has 0 aliphatic heterocycles. The zero-order valence-electron chi connectivity index (χ0n) is 12.8. The normalized spacial score (nSPS) is 10.5. The molecule has 1 amide bonds. The topological polar surface area (TPSA) is 47.6 Å². The maximum absolute atomic E-state index is 11.6. The van der Waals surface area contributed by atoms with Crippen LogP contribution in [0.4, 0.5) is 4.79 Å². The van der Waals surface area contributed by atoms with Crippen LogP contribution in [0.5, 0.6) is 5.75 Å². The maximum atomic E-state index is 11.6. The molecule has 1 N–H and O–H groups in total. The molecule has 0 aliphatic carbocycles. The van der Waals surface area contributed by atoms with Crippen LogP contribution in [0.2, 0.25) is 5.02 Å². The van der Waals surface area contributed by atoms with Crippen molar-refractivity contribution in [3.63, 3.8) is 0 Å². The van der Waals surface area contributed by atoms with Crippen molar-refractivity contribution >= 4 is 23.8 Å². The van der Waals surface area contributed by atoms with Crippen LogP contribution in [-0.4, -0.2) is 19.7 Å². The van der Waals surface area contributed by atoms with Crippen LogP contribution in [0, 0.1) is 0 Å². The van der Waals surface area contributed by atoms with E-state index in [1.54, 1.807) is 19.3 Å². The lowest BCUT2D eigenvalue weighted by molar-refractivity contribution is 0.141. The molecule has 0 saturated heterocycles. The molecule has 0 atom stereocenters. The summed E-state index contributed by atoms with van der Waals surface area (Å²) in [6.45, 7) is 0.596. The fourth-order valence-electron chi connectivity index (χ4n) is 1.92. The predicted molar refractivity (Wildman–Crippen MR) is 91.7 cm³/mol. The number of benzene rings is 2. The Balaban J connectivity index is 1.77. The smallest absolute Gasteiger partial charge is 0.407 e. The monoisotopic (exact) mass is 331 g/mol. The van der Waals surface area contributed by atoms with Crippen LogP contribution in [0.15, 0.2) is 54.6 Å². The first-order valence-electron chi connectivity index (χ1n) is 7.14. The highest BCUT2D eigenvalue weighted by Crippen LogP contribution is 2.28. The summed E-state index contributed by atoms with van der Waals surface area (Å²) in [5.41, 5.74) is 1.77. The first kappa shape index (κ1) is 16.9. The van der Waals surface area contributed by atoms with E-state index in [4.69, 9.17) is 21.1 Å². The summed E-state index contributed by atoms with van der Waals surface area (Å²) in [6.07, 6.45) is 3.16. The maximum Gasteiger partial charge on any atom is 0.407 e. The number of halogens is 1. The van der Waals surface area contributed by atoms with Crippen molar-refractivity contribution in [1.82, 2.24) is 5.32 Å². The van der Waals surface area contributed by atoms with Crippen molar-refractivity contribution in [3.8, 4) is 5.75 Å². The van der Waals surface area contributed by atoms with E-state index >= 15 is 0 Å². The first-order chi connectivity index (χ1) is 11.2. The van der Waals surface area contributed by atoms with E-state index in [0.717, 1.165) is 11.1 Å². The number of hydrogen-bond donors (Lipinski definition) is 1. The van der Waals surface area contributed by atoms with Gasteiger partial charge in [0.15, 0.2) is 0 Å². The molecule has 23 heavy (non-hydrogen) atoms. The molecule has 2 aromatic rings.